The molecule has 2 fully saturated rings. The molecule has 0 radical (unpaired) electrons. The first-order valence-corrected chi connectivity index (χ1v) is 10.6. The predicted molar refractivity (Wildman–Crippen MR) is 116 cm³/mol. The zero-order valence-electron chi connectivity index (χ0n) is 17.3. The zero-order valence-corrected chi connectivity index (χ0v) is 17.3. The quantitative estimate of drug-likeness (QED) is 0.437. The highest BCUT2D eigenvalue weighted by Gasteiger charge is 2.39. The summed E-state index contributed by atoms with van der Waals surface area (Å²) in [5.74, 6) is -0.188. The van der Waals surface area contributed by atoms with Gasteiger partial charge in [0.05, 0.1) is 41.0 Å². The number of benzene rings is 2. The van der Waals surface area contributed by atoms with Crippen LogP contribution in [0.15, 0.2) is 54.7 Å². The van der Waals surface area contributed by atoms with E-state index >= 15 is 0 Å². The molecule has 0 aliphatic carbocycles. The molecule has 2 aromatic carbocycles. The summed E-state index contributed by atoms with van der Waals surface area (Å²) in [6.45, 7) is 1.62. The van der Waals surface area contributed by atoms with Crippen LogP contribution in [0.1, 0.15) is 27.9 Å². The van der Waals surface area contributed by atoms with E-state index in [-0.39, 0.29) is 11.1 Å². The van der Waals surface area contributed by atoms with E-state index in [9.17, 15) is 18.0 Å². The Morgan fingerprint density at radius 3 is 2.76 bits per heavy atom. The number of carbonyl (C=O) groups is 1. The molecule has 9 heteroatoms. The first kappa shape index (κ1) is 20.0. The third-order valence-corrected chi connectivity index (χ3v) is 6.37. The first-order valence-electron chi connectivity index (χ1n) is 10.6. The Morgan fingerprint density at radius 2 is 2.00 bits per heavy atom. The van der Waals surface area contributed by atoms with Gasteiger partial charge in [0.2, 0.25) is 0 Å². The number of aromatic nitrogens is 3. The van der Waals surface area contributed by atoms with E-state index in [0.29, 0.717) is 23.7 Å². The SMILES string of the molecule is O=C(c1c[nH]c(-c2nc3ccc(N4C[C@H]5C[C@@H]4CO5)cc3[nH]2)c1)c1ccccc1C(F)(F)F. The number of fused-ring (bicyclic) bond motifs is 3. The van der Waals surface area contributed by atoms with Gasteiger partial charge in [0.25, 0.3) is 0 Å². The van der Waals surface area contributed by atoms with Crippen molar-refractivity contribution in [2.24, 2.45) is 0 Å². The molecular formula is C24H19F3N4O2. The van der Waals surface area contributed by atoms with Crippen molar-refractivity contribution in [1.82, 2.24) is 15.0 Å². The number of hydrogen-bond donors (Lipinski definition) is 2. The fourth-order valence-electron chi connectivity index (χ4n) is 4.77. The summed E-state index contributed by atoms with van der Waals surface area (Å²) in [5, 5.41) is 0. The molecule has 6 rings (SSSR count). The van der Waals surface area contributed by atoms with Crippen LogP contribution in [0.25, 0.3) is 22.6 Å². The van der Waals surface area contributed by atoms with E-state index in [0.717, 1.165) is 42.4 Å². The van der Waals surface area contributed by atoms with Crippen LogP contribution >= 0.6 is 0 Å². The maximum absolute atomic E-state index is 13.3. The first-order chi connectivity index (χ1) is 15.9. The minimum absolute atomic E-state index is 0.135. The van der Waals surface area contributed by atoms with Crippen LogP contribution in [0.3, 0.4) is 0 Å². The van der Waals surface area contributed by atoms with Gasteiger partial charge in [-0.25, -0.2) is 4.98 Å². The summed E-state index contributed by atoms with van der Waals surface area (Å²) >= 11 is 0. The second-order valence-corrected chi connectivity index (χ2v) is 8.46. The molecule has 0 saturated carbocycles. The number of ether oxygens (including phenoxy) is 1. The third-order valence-electron chi connectivity index (χ3n) is 6.37. The molecule has 2 atom stereocenters. The lowest BCUT2D eigenvalue weighted by Crippen LogP contribution is -2.36. The Bertz CT molecular complexity index is 1370. The standard InChI is InChI=1S/C24H19F3N4O2/c25-24(26,27)18-4-2-1-3-17(18)22(32)13-7-21(28-10-13)23-29-19-6-5-14(9-20(19)30-23)31-11-16-8-15(31)12-33-16/h1-7,9-10,15-16,28H,8,11-12H2,(H,29,30)/t15-,16-/m1/s1. The number of nitrogens with zero attached hydrogens (tertiary/aromatic N) is 2. The minimum Gasteiger partial charge on any atom is -0.374 e. The van der Waals surface area contributed by atoms with Gasteiger partial charge in [-0.15, -0.1) is 0 Å². The van der Waals surface area contributed by atoms with E-state index < -0.39 is 17.5 Å². The van der Waals surface area contributed by atoms with Crippen molar-refractivity contribution in [2.45, 2.75) is 24.7 Å². The van der Waals surface area contributed by atoms with E-state index in [1.807, 2.05) is 18.2 Å². The van der Waals surface area contributed by atoms with Crippen molar-refractivity contribution in [3.8, 4) is 11.5 Å². The van der Waals surface area contributed by atoms with Crippen molar-refractivity contribution >= 4 is 22.5 Å². The van der Waals surface area contributed by atoms with Crippen LogP contribution in [-0.2, 0) is 10.9 Å². The summed E-state index contributed by atoms with van der Waals surface area (Å²) < 4.78 is 45.6. The van der Waals surface area contributed by atoms with E-state index in [1.165, 1.54) is 30.5 Å². The maximum Gasteiger partial charge on any atom is 0.417 e. The van der Waals surface area contributed by atoms with E-state index in [1.54, 1.807) is 0 Å². The van der Waals surface area contributed by atoms with Crippen LogP contribution in [-0.4, -0.2) is 46.0 Å². The summed E-state index contributed by atoms with van der Waals surface area (Å²) in [4.78, 5) is 26.0. The highest BCUT2D eigenvalue weighted by molar-refractivity contribution is 6.10. The monoisotopic (exact) mass is 452 g/mol. The number of H-pyrrole nitrogens is 2. The van der Waals surface area contributed by atoms with Gasteiger partial charge in [0, 0.05) is 29.6 Å². The van der Waals surface area contributed by atoms with Crippen molar-refractivity contribution in [1.29, 1.82) is 0 Å². The molecule has 0 unspecified atom stereocenters. The van der Waals surface area contributed by atoms with Gasteiger partial charge in [-0.05, 0) is 36.8 Å². The molecule has 4 aromatic rings. The van der Waals surface area contributed by atoms with Gasteiger partial charge in [0.1, 0.15) is 0 Å². The number of ketones is 1. The van der Waals surface area contributed by atoms with Crippen LogP contribution in [0, 0.1) is 0 Å². The van der Waals surface area contributed by atoms with Gasteiger partial charge in [-0.2, -0.15) is 13.2 Å². The Kier molecular flexibility index (Phi) is 4.38. The van der Waals surface area contributed by atoms with Crippen LogP contribution < -0.4 is 4.90 Å². The average molecular weight is 452 g/mol. The number of carbonyl (C=O) groups excluding carboxylic acids is 1. The third kappa shape index (κ3) is 3.39. The molecule has 2 aliphatic heterocycles. The summed E-state index contributed by atoms with van der Waals surface area (Å²) in [5.41, 5.74) is 2.03. The van der Waals surface area contributed by atoms with E-state index in [4.69, 9.17) is 4.74 Å². The number of anilines is 1. The summed E-state index contributed by atoms with van der Waals surface area (Å²) in [7, 11) is 0. The number of imidazole rings is 1. The normalized spacial score (nSPS) is 20.2. The zero-order chi connectivity index (χ0) is 22.7. The van der Waals surface area contributed by atoms with Crippen LogP contribution in [0.5, 0.6) is 0 Å². The molecule has 2 N–H and O–H groups in total. The lowest BCUT2D eigenvalue weighted by Gasteiger charge is -2.28. The smallest absolute Gasteiger partial charge is 0.374 e. The second-order valence-electron chi connectivity index (χ2n) is 8.46. The average Bonchev–Trinajstić information content (AvgIpc) is 3.60. The van der Waals surface area contributed by atoms with Crippen molar-refractivity contribution in [3.63, 3.8) is 0 Å². The Labute approximate surface area is 186 Å². The summed E-state index contributed by atoms with van der Waals surface area (Å²) in [6.07, 6.45) is -1.86. The van der Waals surface area contributed by atoms with Gasteiger partial charge >= 0.3 is 6.18 Å². The number of alkyl halides is 3. The molecule has 2 aromatic heterocycles. The summed E-state index contributed by atoms with van der Waals surface area (Å²) in [6, 6.07) is 12.7. The van der Waals surface area contributed by atoms with Crippen molar-refractivity contribution < 1.29 is 22.7 Å². The molecule has 168 valence electrons. The Morgan fingerprint density at radius 1 is 1.15 bits per heavy atom. The molecule has 4 heterocycles. The Balaban J connectivity index is 1.30. The van der Waals surface area contributed by atoms with E-state index in [2.05, 4.69) is 19.9 Å². The molecule has 0 spiro atoms. The molecule has 2 saturated heterocycles. The highest BCUT2D eigenvalue weighted by Crippen LogP contribution is 2.35. The second kappa shape index (κ2) is 7.21. The molecule has 6 nitrogen and oxygen atoms in total. The predicted octanol–water partition coefficient (Wildman–Crippen LogP) is 4.79. The van der Waals surface area contributed by atoms with Crippen LogP contribution in [0.4, 0.5) is 18.9 Å². The Hall–Kier alpha value is -3.59. The minimum atomic E-state index is -4.61. The van der Waals surface area contributed by atoms with Crippen molar-refractivity contribution in [3.05, 3.63) is 71.4 Å². The number of nitrogens with one attached hydrogen (secondary N) is 2. The largest absolute Gasteiger partial charge is 0.417 e. The number of hydrogen-bond acceptors (Lipinski definition) is 4. The number of morpholine rings is 1. The fraction of sp³-hybridized carbons (Fsp3) is 0.250. The topological polar surface area (TPSA) is 74.0 Å². The lowest BCUT2D eigenvalue weighted by atomic mass is 9.99. The molecule has 0 amide bonds. The van der Waals surface area contributed by atoms with Gasteiger partial charge < -0.3 is 19.6 Å². The van der Waals surface area contributed by atoms with Crippen LogP contribution in [0.2, 0.25) is 0 Å². The fourth-order valence-corrected chi connectivity index (χ4v) is 4.77. The lowest BCUT2D eigenvalue weighted by molar-refractivity contribution is -0.137. The molecule has 33 heavy (non-hydrogen) atoms. The van der Waals surface area contributed by atoms with Crippen molar-refractivity contribution in [2.75, 3.05) is 18.1 Å². The maximum atomic E-state index is 13.3. The number of aromatic amines is 2. The number of halogens is 3. The number of rotatable bonds is 4. The molecule has 2 bridgehead atoms. The van der Waals surface area contributed by atoms with Gasteiger partial charge in [0.15, 0.2) is 11.6 Å². The van der Waals surface area contributed by atoms with Gasteiger partial charge in [-0.1, -0.05) is 18.2 Å². The molecular weight excluding hydrogens is 433 g/mol. The van der Waals surface area contributed by atoms with Gasteiger partial charge in [-0.3, -0.25) is 4.79 Å². The molecule has 2 aliphatic rings. The highest BCUT2D eigenvalue weighted by atomic mass is 19.4.